The second-order valence-corrected chi connectivity index (χ2v) is 4.01. The van der Waals surface area contributed by atoms with E-state index in [4.69, 9.17) is 14.6 Å². The van der Waals surface area contributed by atoms with Gasteiger partial charge >= 0.3 is 12.1 Å². The van der Waals surface area contributed by atoms with Crippen LogP contribution in [0.2, 0.25) is 0 Å². The van der Waals surface area contributed by atoms with Crippen LogP contribution in [0, 0.1) is 0 Å². The number of carboxylic acids is 1. The average molecular weight is 290 g/mol. The predicted molar refractivity (Wildman–Crippen MR) is 60.7 cm³/mol. The van der Waals surface area contributed by atoms with E-state index in [-0.39, 0.29) is 22.8 Å². The topological polar surface area (TPSA) is 76.0 Å². The maximum atomic E-state index is 12.8. The fraction of sp³-hybridized carbons (Fsp3) is 0.250. The maximum absolute atomic E-state index is 12.8. The van der Waals surface area contributed by atoms with E-state index in [1.54, 1.807) is 0 Å². The molecule has 1 atom stereocenters. The van der Waals surface area contributed by atoms with Crippen molar-refractivity contribution >= 4 is 12.0 Å². The molecular weight excluding hydrogens is 281 g/mol. The van der Waals surface area contributed by atoms with Crippen molar-refractivity contribution in [2.24, 2.45) is 0 Å². The fourth-order valence-corrected chi connectivity index (χ4v) is 1.84. The molecule has 1 aliphatic rings. The Morgan fingerprint density at radius 1 is 1.40 bits per heavy atom. The summed E-state index contributed by atoms with van der Waals surface area (Å²) in [5.41, 5.74) is -0.961. The molecule has 0 amide bonds. The Morgan fingerprint density at radius 2 is 2.05 bits per heavy atom. The highest BCUT2D eigenvalue weighted by Gasteiger charge is 2.49. The Labute approximate surface area is 110 Å². The number of carboxylic acid groups (broad SMARTS) is 1. The zero-order valence-corrected chi connectivity index (χ0v) is 10.1. The summed E-state index contributed by atoms with van der Waals surface area (Å²) in [7, 11) is 1.19. The normalized spacial score (nSPS) is 17.8. The van der Waals surface area contributed by atoms with E-state index < -0.39 is 23.8 Å². The van der Waals surface area contributed by atoms with E-state index >= 15 is 0 Å². The fourth-order valence-electron chi connectivity index (χ4n) is 1.84. The number of halogens is 3. The van der Waals surface area contributed by atoms with Crippen molar-refractivity contribution in [3.05, 3.63) is 23.3 Å². The number of fused-ring (bicyclic) bond motifs is 1. The number of alkyl halides is 3. The van der Waals surface area contributed by atoms with E-state index in [0.717, 1.165) is 18.2 Å². The van der Waals surface area contributed by atoms with E-state index in [2.05, 4.69) is 0 Å². The molecule has 2 rings (SSSR count). The van der Waals surface area contributed by atoms with Gasteiger partial charge in [0.15, 0.2) is 11.5 Å². The Balaban J connectivity index is 2.62. The third-order valence-corrected chi connectivity index (χ3v) is 2.66. The molecule has 0 radical (unpaired) electrons. The van der Waals surface area contributed by atoms with Gasteiger partial charge in [0.25, 0.3) is 0 Å². The minimum Gasteiger partial charge on any atom is -0.508 e. The summed E-state index contributed by atoms with van der Waals surface area (Å²) in [6.45, 7) is 0. The van der Waals surface area contributed by atoms with Gasteiger partial charge in [0.2, 0.25) is 6.10 Å². The summed E-state index contributed by atoms with van der Waals surface area (Å²) in [4.78, 5) is 10.9. The quantitative estimate of drug-likeness (QED) is 0.873. The maximum Gasteiger partial charge on any atom is 0.430 e. The minimum absolute atomic E-state index is 0.000231. The van der Waals surface area contributed by atoms with Crippen LogP contribution in [-0.4, -0.2) is 35.6 Å². The molecule has 2 N–H and O–H groups in total. The highest BCUT2D eigenvalue weighted by atomic mass is 19.4. The van der Waals surface area contributed by atoms with E-state index in [0.29, 0.717) is 0 Å². The average Bonchev–Trinajstić information content (AvgIpc) is 2.34. The minimum atomic E-state index is -4.88. The first-order valence-electron chi connectivity index (χ1n) is 5.33. The Kier molecular flexibility index (Phi) is 3.24. The number of hydrogen-bond acceptors (Lipinski definition) is 4. The van der Waals surface area contributed by atoms with Crippen molar-refractivity contribution in [3.63, 3.8) is 0 Å². The van der Waals surface area contributed by atoms with Gasteiger partial charge in [0, 0.05) is 11.6 Å². The standard InChI is InChI=1S/C12H9F3O5/c1-19-8-4-6(16)2-5-3-7(11(17)18)10(12(13,14)15)20-9(5)8/h2-4,10,16H,1H3,(H,17,18). The van der Waals surface area contributed by atoms with Crippen molar-refractivity contribution in [2.45, 2.75) is 12.3 Å². The van der Waals surface area contributed by atoms with Crippen LogP contribution in [-0.2, 0) is 4.79 Å². The number of carbonyl (C=O) groups is 1. The first-order valence-corrected chi connectivity index (χ1v) is 5.33. The van der Waals surface area contributed by atoms with E-state index in [1.807, 2.05) is 0 Å². The second-order valence-electron chi connectivity index (χ2n) is 4.01. The van der Waals surface area contributed by atoms with Gasteiger partial charge in [-0.05, 0) is 12.1 Å². The van der Waals surface area contributed by atoms with Crippen molar-refractivity contribution in [1.29, 1.82) is 0 Å². The first-order chi connectivity index (χ1) is 9.24. The molecule has 1 aromatic rings. The molecule has 0 spiro atoms. The Hall–Kier alpha value is -2.38. The number of aliphatic carboxylic acids is 1. The SMILES string of the molecule is COc1cc(O)cc2c1OC(C(F)(F)F)C(C(=O)O)=C2. The third-order valence-electron chi connectivity index (χ3n) is 2.66. The number of ether oxygens (including phenoxy) is 2. The van der Waals surface area contributed by atoms with Crippen LogP contribution in [0.25, 0.3) is 6.08 Å². The molecule has 0 saturated heterocycles. The van der Waals surface area contributed by atoms with Crippen molar-refractivity contribution in [1.82, 2.24) is 0 Å². The Morgan fingerprint density at radius 3 is 2.55 bits per heavy atom. The molecule has 0 bridgehead atoms. The van der Waals surface area contributed by atoms with Gasteiger partial charge < -0.3 is 19.7 Å². The molecule has 1 unspecified atom stereocenters. The van der Waals surface area contributed by atoms with Crippen LogP contribution < -0.4 is 9.47 Å². The highest BCUT2D eigenvalue weighted by Crippen LogP contribution is 2.43. The molecule has 108 valence electrons. The summed E-state index contributed by atoms with van der Waals surface area (Å²) in [6, 6.07) is 2.17. The number of benzene rings is 1. The van der Waals surface area contributed by atoms with Gasteiger partial charge in [-0.2, -0.15) is 13.2 Å². The summed E-state index contributed by atoms with van der Waals surface area (Å²) in [5, 5.41) is 18.3. The van der Waals surface area contributed by atoms with E-state index in [1.165, 1.54) is 7.11 Å². The lowest BCUT2D eigenvalue weighted by atomic mass is 10.0. The molecule has 0 aromatic heterocycles. The number of rotatable bonds is 2. The predicted octanol–water partition coefficient (Wildman–Crippen LogP) is 2.19. The molecule has 1 aliphatic heterocycles. The second kappa shape index (κ2) is 4.62. The lowest BCUT2D eigenvalue weighted by Crippen LogP contribution is -2.40. The molecule has 5 nitrogen and oxygen atoms in total. The van der Waals surface area contributed by atoms with Gasteiger partial charge in [-0.25, -0.2) is 4.79 Å². The third kappa shape index (κ3) is 2.36. The number of methoxy groups -OCH3 is 1. The zero-order chi connectivity index (χ0) is 15.1. The van der Waals surface area contributed by atoms with Crippen LogP contribution in [0.15, 0.2) is 17.7 Å². The molecule has 1 aromatic carbocycles. The molecule has 8 heteroatoms. The lowest BCUT2D eigenvalue weighted by Gasteiger charge is -2.28. The first kappa shape index (κ1) is 14.0. The molecular formula is C12H9F3O5. The van der Waals surface area contributed by atoms with Crippen molar-refractivity contribution < 1.29 is 37.7 Å². The summed E-state index contributed by atoms with van der Waals surface area (Å²) < 4.78 is 48.1. The van der Waals surface area contributed by atoms with Gasteiger partial charge in [-0.15, -0.1) is 0 Å². The largest absolute Gasteiger partial charge is 0.508 e. The van der Waals surface area contributed by atoms with Crippen molar-refractivity contribution in [3.8, 4) is 17.2 Å². The zero-order valence-electron chi connectivity index (χ0n) is 10.1. The van der Waals surface area contributed by atoms with Gasteiger partial charge in [-0.3, -0.25) is 0 Å². The van der Waals surface area contributed by atoms with Gasteiger partial charge in [0.1, 0.15) is 5.75 Å². The van der Waals surface area contributed by atoms with Crippen LogP contribution in [0.4, 0.5) is 13.2 Å². The van der Waals surface area contributed by atoms with Gasteiger partial charge in [0.05, 0.1) is 12.7 Å². The molecule has 1 heterocycles. The monoisotopic (exact) mass is 290 g/mol. The summed E-state index contributed by atoms with van der Waals surface area (Å²) >= 11 is 0. The van der Waals surface area contributed by atoms with Crippen LogP contribution in [0.5, 0.6) is 17.2 Å². The Bertz CT molecular complexity index is 591. The van der Waals surface area contributed by atoms with Crippen LogP contribution in [0.1, 0.15) is 5.56 Å². The summed E-state index contributed by atoms with van der Waals surface area (Å²) in [5.74, 6) is -2.41. The summed E-state index contributed by atoms with van der Waals surface area (Å²) in [6.07, 6.45) is -6.67. The highest BCUT2D eigenvalue weighted by molar-refractivity contribution is 5.95. The molecule has 0 aliphatic carbocycles. The number of aromatic hydroxyl groups is 1. The number of phenolic OH excluding ortho intramolecular Hbond substituents is 1. The van der Waals surface area contributed by atoms with Crippen molar-refractivity contribution in [2.75, 3.05) is 7.11 Å². The van der Waals surface area contributed by atoms with Gasteiger partial charge in [-0.1, -0.05) is 0 Å². The number of hydrogen-bond donors (Lipinski definition) is 2. The van der Waals surface area contributed by atoms with Crippen LogP contribution >= 0.6 is 0 Å². The molecule has 0 fully saturated rings. The molecule has 0 saturated carbocycles. The van der Waals surface area contributed by atoms with E-state index in [9.17, 15) is 23.1 Å². The molecule has 20 heavy (non-hydrogen) atoms. The van der Waals surface area contributed by atoms with Crippen LogP contribution in [0.3, 0.4) is 0 Å². The number of phenols is 1. The smallest absolute Gasteiger partial charge is 0.430 e. The lowest BCUT2D eigenvalue weighted by molar-refractivity contribution is -0.187.